The van der Waals surface area contributed by atoms with Crippen molar-refractivity contribution in [2.75, 3.05) is 18.9 Å². The summed E-state index contributed by atoms with van der Waals surface area (Å²) in [6, 6.07) is 0.239. The van der Waals surface area contributed by atoms with Gasteiger partial charge in [-0.25, -0.2) is 4.98 Å². The minimum absolute atomic E-state index is 0.0437. The Bertz CT molecular complexity index is 392. The van der Waals surface area contributed by atoms with Crippen molar-refractivity contribution in [2.24, 2.45) is 0 Å². The summed E-state index contributed by atoms with van der Waals surface area (Å²) in [5.41, 5.74) is 5.70. The number of hydrogen-bond acceptors (Lipinski definition) is 5. The second kappa shape index (κ2) is 4.44. The number of carbonyl (C=O) groups is 1. The molecule has 86 valence electrons. The Balaban J connectivity index is 2.15. The number of nitrogens with two attached hydrogens (primary N) is 1. The van der Waals surface area contributed by atoms with Crippen LogP contribution in [0.15, 0.2) is 12.4 Å². The van der Waals surface area contributed by atoms with E-state index in [4.69, 9.17) is 10.8 Å². The Morgan fingerprint density at radius 3 is 2.88 bits per heavy atom. The number of anilines is 1. The molecule has 1 aliphatic rings. The van der Waals surface area contributed by atoms with Crippen LogP contribution in [0.25, 0.3) is 0 Å². The summed E-state index contributed by atoms with van der Waals surface area (Å²) in [7, 11) is 0. The molecule has 0 bridgehead atoms. The summed E-state index contributed by atoms with van der Waals surface area (Å²) in [6.45, 7) is 0.290. The minimum atomic E-state index is -0.212. The Morgan fingerprint density at radius 2 is 2.31 bits per heavy atom. The van der Waals surface area contributed by atoms with Crippen molar-refractivity contribution in [1.29, 1.82) is 0 Å². The second-order valence-corrected chi connectivity index (χ2v) is 3.78. The van der Waals surface area contributed by atoms with Gasteiger partial charge in [0.15, 0.2) is 0 Å². The first-order valence-corrected chi connectivity index (χ1v) is 5.21. The molecule has 0 aromatic carbocycles. The summed E-state index contributed by atoms with van der Waals surface area (Å²) in [5.74, 6) is 0.0157. The molecule has 6 nitrogen and oxygen atoms in total. The van der Waals surface area contributed by atoms with Gasteiger partial charge in [0.25, 0.3) is 5.91 Å². The lowest BCUT2D eigenvalue weighted by Gasteiger charge is -2.20. The zero-order valence-corrected chi connectivity index (χ0v) is 8.83. The van der Waals surface area contributed by atoms with Gasteiger partial charge in [0, 0.05) is 12.6 Å². The number of aliphatic hydroxyl groups excluding tert-OH is 1. The number of carbonyl (C=O) groups excluding carboxylic acids is 1. The summed E-state index contributed by atoms with van der Waals surface area (Å²) < 4.78 is 0. The highest BCUT2D eigenvalue weighted by Crippen LogP contribution is 2.27. The average molecular weight is 222 g/mol. The molecule has 1 aromatic heterocycles. The Kier molecular flexibility index (Phi) is 3.00. The molecule has 0 atom stereocenters. The highest BCUT2D eigenvalue weighted by atomic mass is 16.3. The number of nitrogens with zero attached hydrogens (tertiary/aromatic N) is 3. The van der Waals surface area contributed by atoms with Gasteiger partial charge in [0.05, 0.1) is 19.0 Å². The van der Waals surface area contributed by atoms with E-state index < -0.39 is 0 Å². The zero-order valence-electron chi connectivity index (χ0n) is 8.83. The van der Waals surface area contributed by atoms with Crippen LogP contribution in [-0.2, 0) is 0 Å². The van der Waals surface area contributed by atoms with Crippen LogP contribution in [0.1, 0.15) is 23.3 Å². The summed E-state index contributed by atoms with van der Waals surface area (Å²) in [4.78, 5) is 21.4. The quantitative estimate of drug-likeness (QED) is 0.726. The van der Waals surface area contributed by atoms with Crippen molar-refractivity contribution >= 4 is 11.7 Å². The van der Waals surface area contributed by atoms with Gasteiger partial charge in [-0.3, -0.25) is 9.78 Å². The van der Waals surface area contributed by atoms with Crippen LogP contribution in [0.3, 0.4) is 0 Å². The fourth-order valence-electron chi connectivity index (χ4n) is 1.58. The van der Waals surface area contributed by atoms with E-state index in [0.717, 1.165) is 12.8 Å². The SMILES string of the molecule is Nc1cncc(C(=O)N(CCO)C2CC2)n1. The topological polar surface area (TPSA) is 92.3 Å². The van der Waals surface area contributed by atoms with Crippen molar-refractivity contribution in [3.63, 3.8) is 0 Å². The van der Waals surface area contributed by atoms with Crippen LogP contribution >= 0.6 is 0 Å². The van der Waals surface area contributed by atoms with Gasteiger partial charge in [0.1, 0.15) is 11.5 Å². The van der Waals surface area contributed by atoms with E-state index in [1.54, 1.807) is 4.90 Å². The minimum Gasteiger partial charge on any atom is -0.395 e. The van der Waals surface area contributed by atoms with E-state index in [1.807, 2.05) is 0 Å². The van der Waals surface area contributed by atoms with E-state index in [-0.39, 0.29) is 30.1 Å². The van der Waals surface area contributed by atoms with E-state index in [2.05, 4.69) is 9.97 Å². The van der Waals surface area contributed by atoms with Crippen LogP contribution in [0.5, 0.6) is 0 Å². The molecule has 0 unspecified atom stereocenters. The second-order valence-electron chi connectivity index (χ2n) is 3.78. The van der Waals surface area contributed by atoms with Gasteiger partial charge in [-0.1, -0.05) is 0 Å². The first-order valence-electron chi connectivity index (χ1n) is 5.21. The molecule has 0 saturated heterocycles. The number of aromatic nitrogens is 2. The van der Waals surface area contributed by atoms with Gasteiger partial charge in [0.2, 0.25) is 0 Å². The van der Waals surface area contributed by atoms with Crippen molar-refractivity contribution in [2.45, 2.75) is 18.9 Å². The predicted molar refractivity (Wildman–Crippen MR) is 57.6 cm³/mol. The molecule has 1 saturated carbocycles. The zero-order chi connectivity index (χ0) is 11.5. The predicted octanol–water partition coefficient (Wildman–Crippen LogP) is -0.344. The summed E-state index contributed by atoms with van der Waals surface area (Å²) in [6.07, 6.45) is 4.76. The van der Waals surface area contributed by atoms with Crippen LogP contribution in [-0.4, -0.2) is 45.1 Å². The summed E-state index contributed by atoms with van der Waals surface area (Å²) >= 11 is 0. The van der Waals surface area contributed by atoms with E-state index in [1.165, 1.54) is 12.4 Å². The van der Waals surface area contributed by atoms with Crippen LogP contribution in [0, 0.1) is 0 Å². The Labute approximate surface area is 93.1 Å². The molecule has 1 aromatic rings. The van der Waals surface area contributed by atoms with Crippen LogP contribution in [0.4, 0.5) is 5.82 Å². The normalized spacial score (nSPS) is 14.8. The highest BCUT2D eigenvalue weighted by Gasteiger charge is 2.33. The maximum absolute atomic E-state index is 12.0. The number of hydrogen-bond donors (Lipinski definition) is 2. The first-order chi connectivity index (χ1) is 7.72. The third-order valence-corrected chi connectivity index (χ3v) is 2.46. The average Bonchev–Trinajstić information content (AvgIpc) is 3.09. The first kappa shape index (κ1) is 10.8. The summed E-state index contributed by atoms with van der Waals surface area (Å²) in [5, 5.41) is 8.91. The molecule has 1 amide bonds. The standard InChI is InChI=1S/C10H14N4O2/c11-9-6-12-5-8(13-9)10(16)14(3-4-15)7-1-2-7/h5-7,15H,1-4H2,(H2,11,13). The smallest absolute Gasteiger partial charge is 0.274 e. The number of rotatable bonds is 4. The fourth-order valence-corrected chi connectivity index (χ4v) is 1.58. The Hall–Kier alpha value is -1.69. The van der Waals surface area contributed by atoms with E-state index in [0.29, 0.717) is 6.54 Å². The molecule has 0 spiro atoms. The fraction of sp³-hybridized carbons (Fsp3) is 0.500. The molecule has 1 heterocycles. The lowest BCUT2D eigenvalue weighted by molar-refractivity contribution is 0.0701. The maximum Gasteiger partial charge on any atom is 0.274 e. The maximum atomic E-state index is 12.0. The monoisotopic (exact) mass is 222 g/mol. The number of aliphatic hydroxyl groups is 1. The molecule has 1 fully saturated rings. The third-order valence-electron chi connectivity index (χ3n) is 2.46. The molecule has 16 heavy (non-hydrogen) atoms. The number of amides is 1. The molecule has 1 aliphatic carbocycles. The molecule has 2 rings (SSSR count). The largest absolute Gasteiger partial charge is 0.395 e. The molecule has 0 radical (unpaired) electrons. The highest BCUT2D eigenvalue weighted by molar-refractivity contribution is 5.92. The van der Waals surface area contributed by atoms with Gasteiger partial charge in [-0.05, 0) is 12.8 Å². The van der Waals surface area contributed by atoms with Crippen LogP contribution in [0.2, 0.25) is 0 Å². The molecule has 3 N–H and O–H groups in total. The van der Waals surface area contributed by atoms with Crippen molar-refractivity contribution in [1.82, 2.24) is 14.9 Å². The Morgan fingerprint density at radius 1 is 1.56 bits per heavy atom. The third kappa shape index (κ3) is 2.27. The molecule has 6 heteroatoms. The molecular formula is C10H14N4O2. The van der Waals surface area contributed by atoms with E-state index in [9.17, 15) is 4.79 Å². The lowest BCUT2D eigenvalue weighted by Crippen LogP contribution is -2.36. The van der Waals surface area contributed by atoms with Gasteiger partial charge in [-0.2, -0.15) is 0 Å². The van der Waals surface area contributed by atoms with Crippen molar-refractivity contribution in [3.05, 3.63) is 18.1 Å². The molecule has 0 aliphatic heterocycles. The number of nitrogen functional groups attached to an aromatic ring is 1. The van der Waals surface area contributed by atoms with Gasteiger partial charge >= 0.3 is 0 Å². The lowest BCUT2D eigenvalue weighted by atomic mass is 10.3. The van der Waals surface area contributed by atoms with Crippen molar-refractivity contribution < 1.29 is 9.90 Å². The van der Waals surface area contributed by atoms with Gasteiger partial charge in [-0.15, -0.1) is 0 Å². The van der Waals surface area contributed by atoms with Crippen LogP contribution < -0.4 is 5.73 Å². The van der Waals surface area contributed by atoms with Gasteiger partial charge < -0.3 is 15.7 Å². The van der Waals surface area contributed by atoms with Crippen molar-refractivity contribution in [3.8, 4) is 0 Å². The van der Waals surface area contributed by atoms with E-state index >= 15 is 0 Å². The molecular weight excluding hydrogens is 208 g/mol.